The molecular formula is C12H10F4N2S. The zero-order chi connectivity index (χ0) is 13.7. The molecule has 0 aliphatic carbocycles. The van der Waals surface area contributed by atoms with Crippen molar-refractivity contribution in [2.75, 3.05) is 13.1 Å². The fourth-order valence-electron chi connectivity index (χ4n) is 2.82. The van der Waals surface area contributed by atoms with Gasteiger partial charge in [0.15, 0.2) is 28.4 Å². The van der Waals surface area contributed by atoms with Gasteiger partial charge in [0.1, 0.15) is 0 Å². The molecule has 2 atom stereocenters. The third-order valence-corrected chi connectivity index (χ3v) is 4.10. The van der Waals surface area contributed by atoms with Crippen LogP contribution in [0.5, 0.6) is 0 Å². The van der Waals surface area contributed by atoms with Crippen LogP contribution in [0, 0.1) is 23.3 Å². The average molecular weight is 290 g/mol. The number of nitrogens with zero attached hydrogens (tertiary/aromatic N) is 1. The largest absolute Gasteiger partial charge is 0.360 e. The van der Waals surface area contributed by atoms with Crippen LogP contribution in [-0.2, 0) is 0 Å². The van der Waals surface area contributed by atoms with Crippen molar-refractivity contribution in [2.45, 2.75) is 18.4 Å². The molecule has 1 aromatic carbocycles. The van der Waals surface area contributed by atoms with E-state index in [0.717, 1.165) is 0 Å². The van der Waals surface area contributed by atoms with Crippen molar-refractivity contribution in [1.82, 2.24) is 10.2 Å². The molecule has 2 aliphatic rings. The molecule has 102 valence electrons. The van der Waals surface area contributed by atoms with Crippen molar-refractivity contribution in [3.63, 3.8) is 0 Å². The minimum Gasteiger partial charge on any atom is -0.360 e. The summed E-state index contributed by atoms with van der Waals surface area (Å²) in [4.78, 5) is 1.81. The summed E-state index contributed by atoms with van der Waals surface area (Å²) >= 11 is 5.06. The summed E-state index contributed by atoms with van der Waals surface area (Å²) in [5.41, 5.74) is -0.505. The molecule has 3 rings (SSSR count). The minimum atomic E-state index is -1.36. The Morgan fingerprint density at radius 3 is 2.37 bits per heavy atom. The molecule has 2 heterocycles. The lowest BCUT2D eigenvalue weighted by atomic mass is 9.94. The summed E-state index contributed by atoms with van der Waals surface area (Å²) in [6, 6.07) is 0.263. The predicted octanol–water partition coefficient (Wildman–Crippen LogP) is 2.29. The second-order valence-electron chi connectivity index (χ2n) is 4.81. The van der Waals surface area contributed by atoms with Crippen LogP contribution in [-0.4, -0.2) is 29.1 Å². The van der Waals surface area contributed by atoms with Crippen LogP contribution in [0.3, 0.4) is 0 Å². The third kappa shape index (κ3) is 1.87. The first-order valence-electron chi connectivity index (χ1n) is 5.86. The Morgan fingerprint density at radius 2 is 1.79 bits per heavy atom. The van der Waals surface area contributed by atoms with Gasteiger partial charge in [-0.1, -0.05) is 0 Å². The lowest BCUT2D eigenvalue weighted by Crippen LogP contribution is -2.29. The lowest BCUT2D eigenvalue weighted by molar-refractivity contribution is 0.422. The Labute approximate surface area is 112 Å². The molecule has 0 spiro atoms. The number of rotatable bonds is 1. The molecule has 2 saturated heterocycles. The van der Waals surface area contributed by atoms with Gasteiger partial charge in [0.05, 0.1) is 0 Å². The first-order valence-corrected chi connectivity index (χ1v) is 6.27. The molecule has 0 aromatic heterocycles. The van der Waals surface area contributed by atoms with E-state index in [1.807, 2.05) is 4.90 Å². The van der Waals surface area contributed by atoms with Gasteiger partial charge in [0, 0.05) is 36.7 Å². The van der Waals surface area contributed by atoms with Crippen LogP contribution >= 0.6 is 12.2 Å². The quantitative estimate of drug-likeness (QED) is 0.485. The average Bonchev–Trinajstić information content (AvgIpc) is 2.90. The molecular weight excluding hydrogens is 280 g/mol. The molecule has 2 nitrogen and oxygen atoms in total. The van der Waals surface area contributed by atoms with E-state index in [4.69, 9.17) is 12.2 Å². The van der Waals surface area contributed by atoms with Gasteiger partial charge in [-0.15, -0.1) is 0 Å². The van der Waals surface area contributed by atoms with E-state index in [9.17, 15) is 17.6 Å². The predicted molar refractivity (Wildman–Crippen MR) is 64.7 cm³/mol. The number of nitrogens with one attached hydrogen (secondary N) is 1. The molecule has 0 amide bonds. The summed E-state index contributed by atoms with van der Waals surface area (Å²) in [6.07, 6.45) is 0.421. The van der Waals surface area contributed by atoms with Crippen molar-refractivity contribution >= 4 is 17.3 Å². The van der Waals surface area contributed by atoms with Crippen LogP contribution in [0.2, 0.25) is 0 Å². The highest BCUT2D eigenvalue weighted by Crippen LogP contribution is 2.37. The van der Waals surface area contributed by atoms with Gasteiger partial charge in [-0.25, -0.2) is 17.6 Å². The number of hydrogen-bond acceptors (Lipinski definition) is 1. The van der Waals surface area contributed by atoms with Crippen molar-refractivity contribution in [2.24, 2.45) is 0 Å². The molecule has 19 heavy (non-hydrogen) atoms. The molecule has 2 fully saturated rings. The fraction of sp³-hybridized carbons (Fsp3) is 0.417. The van der Waals surface area contributed by atoms with E-state index in [1.165, 1.54) is 0 Å². The summed E-state index contributed by atoms with van der Waals surface area (Å²) in [5.74, 6) is -5.91. The van der Waals surface area contributed by atoms with E-state index in [0.29, 0.717) is 18.1 Å². The van der Waals surface area contributed by atoms with Gasteiger partial charge in [-0.3, -0.25) is 0 Å². The second kappa shape index (κ2) is 4.33. The van der Waals surface area contributed by atoms with E-state index < -0.39 is 34.8 Å². The van der Waals surface area contributed by atoms with Gasteiger partial charge in [-0.05, 0) is 18.6 Å². The Hall–Kier alpha value is -1.37. The van der Waals surface area contributed by atoms with E-state index in [1.54, 1.807) is 0 Å². The molecule has 0 saturated carbocycles. The Bertz CT molecular complexity index is 537. The van der Waals surface area contributed by atoms with Crippen LogP contribution in [0.1, 0.15) is 17.9 Å². The van der Waals surface area contributed by atoms with E-state index in [-0.39, 0.29) is 18.7 Å². The van der Waals surface area contributed by atoms with Crippen LogP contribution in [0.15, 0.2) is 6.07 Å². The van der Waals surface area contributed by atoms with E-state index in [2.05, 4.69) is 5.32 Å². The van der Waals surface area contributed by atoms with Crippen molar-refractivity contribution < 1.29 is 17.6 Å². The third-order valence-electron chi connectivity index (χ3n) is 3.72. The summed E-state index contributed by atoms with van der Waals surface area (Å²) in [7, 11) is 0. The smallest absolute Gasteiger partial charge is 0.169 e. The number of hydrogen-bond donors (Lipinski definition) is 1. The van der Waals surface area contributed by atoms with Crippen molar-refractivity contribution in [1.29, 1.82) is 0 Å². The molecule has 0 radical (unpaired) electrons. The van der Waals surface area contributed by atoms with Crippen molar-refractivity contribution in [3.05, 3.63) is 34.9 Å². The number of thiocarbonyl (C=S) groups is 1. The summed E-state index contributed by atoms with van der Waals surface area (Å²) < 4.78 is 53.9. The summed E-state index contributed by atoms with van der Waals surface area (Å²) in [6.45, 7) is 0.865. The Balaban J connectivity index is 1.98. The monoisotopic (exact) mass is 290 g/mol. The zero-order valence-corrected chi connectivity index (χ0v) is 10.5. The molecule has 1 aromatic rings. The Kier molecular flexibility index (Phi) is 2.88. The Morgan fingerprint density at radius 1 is 1.16 bits per heavy atom. The fourth-order valence-corrected chi connectivity index (χ4v) is 3.13. The van der Waals surface area contributed by atoms with E-state index >= 15 is 0 Å². The van der Waals surface area contributed by atoms with Crippen LogP contribution in [0.25, 0.3) is 0 Å². The van der Waals surface area contributed by atoms with Crippen molar-refractivity contribution in [3.8, 4) is 0 Å². The maximum absolute atomic E-state index is 13.7. The normalized spacial score (nSPS) is 25.7. The van der Waals surface area contributed by atoms with Gasteiger partial charge >= 0.3 is 0 Å². The second-order valence-corrected chi connectivity index (χ2v) is 5.19. The maximum Gasteiger partial charge on any atom is 0.169 e. The standard InChI is InChI=1S/C12H10F4N2S/c13-7-2-8(14)11(16)9(10(7)15)5-1-6-3-17-12(19)18(6)4-5/h2,5-6H,1,3-4H2,(H,17,19)/t5-,6?/m0/s1. The van der Waals surface area contributed by atoms with Crippen LogP contribution in [0.4, 0.5) is 17.6 Å². The minimum absolute atomic E-state index is 0.0302. The highest BCUT2D eigenvalue weighted by molar-refractivity contribution is 7.80. The molecule has 1 N–H and O–H groups in total. The number of fused-ring (bicyclic) bond motifs is 1. The topological polar surface area (TPSA) is 15.3 Å². The SMILES string of the molecule is Fc1cc(F)c(F)c([C@H]2CC3CNC(=S)N3C2)c1F. The zero-order valence-electron chi connectivity index (χ0n) is 9.72. The van der Waals surface area contributed by atoms with Crippen LogP contribution < -0.4 is 5.32 Å². The summed E-state index contributed by atoms with van der Waals surface area (Å²) in [5, 5.41) is 3.49. The van der Waals surface area contributed by atoms with Gasteiger partial charge in [0.25, 0.3) is 0 Å². The highest BCUT2D eigenvalue weighted by Gasteiger charge is 2.41. The highest BCUT2D eigenvalue weighted by atomic mass is 32.1. The number of benzene rings is 1. The van der Waals surface area contributed by atoms with Gasteiger partial charge in [0.2, 0.25) is 0 Å². The molecule has 7 heteroatoms. The number of halogens is 4. The lowest BCUT2D eigenvalue weighted by Gasteiger charge is -2.16. The first-order chi connectivity index (χ1) is 8.99. The first kappa shape index (κ1) is 12.7. The van der Waals surface area contributed by atoms with Gasteiger partial charge < -0.3 is 10.2 Å². The molecule has 1 unspecified atom stereocenters. The maximum atomic E-state index is 13.7. The molecule has 2 aliphatic heterocycles. The molecule has 0 bridgehead atoms. The van der Waals surface area contributed by atoms with Gasteiger partial charge in [-0.2, -0.15) is 0 Å².